The van der Waals surface area contributed by atoms with Crippen molar-refractivity contribution in [2.24, 2.45) is 5.41 Å². The van der Waals surface area contributed by atoms with Crippen LogP contribution in [0.3, 0.4) is 0 Å². The fourth-order valence-electron chi connectivity index (χ4n) is 6.40. The number of aliphatic hydroxyl groups is 1. The van der Waals surface area contributed by atoms with Crippen molar-refractivity contribution in [2.75, 3.05) is 36.0 Å². The zero-order chi connectivity index (χ0) is 24.1. The second-order valence-electron chi connectivity index (χ2n) is 10.4. The van der Waals surface area contributed by atoms with E-state index in [1.165, 1.54) is 11.0 Å². The summed E-state index contributed by atoms with van der Waals surface area (Å²) < 4.78 is 42.4. The molecule has 1 spiro atoms. The quantitative estimate of drug-likeness (QED) is 0.713. The minimum atomic E-state index is -4.56. The number of alkyl halides is 3. The maximum Gasteiger partial charge on any atom is 0.418 e. The molecule has 0 radical (unpaired) electrons. The molecule has 0 bridgehead atoms. The molecule has 6 nitrogen and oxygen atoms in total. The summed E-state index contributed by atoms with van der Waals surface area (Å²) in [6.07, 6.45) is 1.09. The van der Waals surface area contributed by atoms with E-state index in [-0.39, 0.29) is 41.9 Å². The van der Waals surface area contributed by atoms with Crippen molar-refractivity contribution in [1.29, 1.82) is 0 Å². The summed E-state index contributed by atoms with van der Waals surface area (Å²) in [6.45, 7) is 1.82. The molecular weight excluding hydrogens is 447 g/mol. The van der Waals surface area contributed by atoms with Gasteiger partial charge in [-0.05, 0) is 69.6 Å². The predicted molar refractivity (Wildman–Crippen MR) is 122 cm³/mol. The van der Waals surface area contributed by atoms with Gasteiger partial charge in [-0.2, -0.15) is 13.2 Å². The largest absolute Gasteiger partial charge is 0.418 e. The third kappa shape index (κ3) is 4.16. The number of carbonyl (C=O) groups excluding carboxylic acids is 2. The Morgan fingerprint density at radius 2 is 1.74 bits per heavy atom. The fraction of sp³-hybridized carbons (Fsp3) is 0.680. The van der Waals surface area contributed by atoms with Crippen LogP contribution in [0.25, 0.3) is 0 Å². The lowest BCUT2D eigenvalue weighted by molar-refractivity contribution is -0.139. The number of carbonyl (C=O) groups is 2. The van der Waals surface area contributed by atoms with Crippen LogP contribution in [-0.2, 0) is 15.8 Å². The highest BCUT2D eigenvalue weighted by Crippen LogP contribution is 2.46. The van der Waals surface area contributed by atoms with Crippen LogP contribution in [0.2, 0.25) is 0 Å². The summed E-state index contributed by atoms with van der Waals surface area (Å²) in [5.41, 5.74) is -1.02. The van der Waals surface area contributed by atoms with Crippen LogP contribution in [0.15, 0.2) is 18.2 Å². The van der Waals surface area contributed by atoms with Crippen molar-refractivity contribution >= 4 is 23.2 Å². The van der Waals surface area contributed by atoms with E-state index in [1.54, 1.807) is 11.0 Å². The number of benzene rings is 1. The van der Waals surface area contributed by atoms with Crippen molar-refractivity contribution in [1.82, 2.24) is 4.90 Å². The number of hydrogen-bond donors (Lipinski definition) is 1. The molecule has 1 saturated carbocycles. The van der Waals surface area contributed by atoms with Gasteiger partial charge in [-0.25, -0.2) is 0 Å². The fourth-order valence-corrected chi connectivity index (χ4v) is 6.40. The second-order valence-corrected chi connectivity index (χ2v) is 10.4. The number of aliphatic hydroxyl groups excluding tert-OH is 1. The van der Waals surface area contributed by atoms with Crippen LogP contribution < -0.4 is 9.80 Å². The number of piperidine rings is 1. The Morgan fingerprint density at radius 1 is 0.971 bits per heavy atom. The smallest absolute Gasteiger partial charge is 0.393 e. The van der Waals surface area contributed by atoms with Crippen LogP contribution in [0.4, 0.5) is 24.5 Å². The average molecular weight is 480 g/mol. The van der Waals surface area contributed by atoms with Crippen molar-refractivity contribution in [3.05, 3.63) is 23.8 Å². The van der Waals surface area contributed by atoms with E-state index in [4.69, 9.17) is 0 Å². The Balaban J connectivity index is 1.39. The summed E-state index contributed by atoms with van der Waals surface area (Å²) in [5, 5.41) is 9.81. The molecule has 1 aromatic rings. The molecule has 3 aliphatic heterocycles. The normalized spacial score (nSPS) is 30.6. The third-order valence-electron chi connectivity index (χ3n) is 8.24. The van der Waals surface area contributed by atoms with Gasteiger partial charge < -0.3 is 19.8 Å². The Bertz CT molecular complexity index is 960. The molecule has 1 aliphatic carbocycles. The van der Waals surface area contributed by atoms with Gasteiger partial charge in [-0.15, -0.1) is 0 Å². The molecular formula is C25H32F3N3O3. The van der Waals surface area contributed by atoms with E-state index in [0.29, 0.717) is 64.6 Å². The summed E-state index contributed by atoms with van der Waals surface area (Å²) in [6, 6.07) is 4.29. The topological polar surface area (TPSA) is 64.1 Å². The SMILES string of the molecule is O=C1CCCN1c1ccc(N2CCC[C@@]3(CCN([C@H]4CC[C@H](O)CC4)C3=O)C2)c(C(F)(F)F)c1. The van der Waals surface area contributed by atoms with Crippen LogP contribution in [-0.4, -0.2) is 60.1 Å². The molecule has 4 fully saturated rings. The first kappa shape index (κ1) is 23.5. The molecule has 5 rings (SSSR count). The minimum absolute atomic E-state index is 0.0615. The maximum atomic E-state index is 14.1. The van der Waals surface area contributed by atoms with Gasteiger partial charge in [0.2, 0.25) is 11.8 Å². The summed E-state index contributed by atoms with van der Waals surface area (Å²) >= 11 is 0. The van der Waals surface area contributed by atoms with Crippen molar-refractivity contribution in [3.63, 3.8) is 0 Å². The van der Waals surface area contributed by atoms with Gasteiger partial charge in [0, 0.05) is 50.0 Å². The van der Waals surface area contributed by atoms with Crippen molar-refractivity contribution in [2.45, 2.75) is 76.1 Å². The lowest BCUT2D eigenvalue weighted by Gasteiger charge is -2.42. The summed E-state index contributed by atoms with van der Waals surface area (Å²) in [7, 11) is 0. The summed E-state index contributed by atoms with van der Waals surface area (Å²) in [4.78, 5) is 30.7. The van der Waals surface area contributed by atoms with E-state index in [2.05, 4.69) is 0 Å². The first-order valence-electron chi connectivity index (χ1n) is 12.4. The van der Waals surface area contributed by atoms with Gasteiger partial charge in [0.25, 0.3) is 0 Å². The van der Waals surface area contributed by atoms with E-state index < -0.39 is 17.2 Å². The van der Waals surface area contributed by atoms with Crippen LogP contribution >= 0.6 is 0 Å². The van der Waals surface area contributed by atoms with Gasteiger partial charge in [0.1, 0.15) is 0 Å². The Kier molecular flexibility index (Phi) is 6.02. The van der Waals surface area contributed by atoms with Crippen LogP contribution in [0, 0.1) is 5.41 Å². The molecule has 2 amide bonds. The number of anilines is 2. The number of likely N-dealkylation sites (tertiary alicyclic amines) is 1. The van der Waals surface area contributed by atoms with Gasteiger partial charge >= 0.3 is 6.18 Å². The monoisotopic (exact) mass is 479 g/mol. The van der Waals surface area contributed by atoms with Crippen LogP contribution in [0.5, 0.6) is 0 Å². The number of hydrogen-bond acceptors (Lipinski definition) is 4. The summed E-state index contributed by atoms with van der Waals surface area (Å²) in [5.74, 6) is -0.0869. The highest BCUT2D eigenvalue weighted by Gasteiger charge is 2.51. The van der Waals surface area contributed by atoms with E-state index in [0.717, 1.165) is 18.9 Å². The highest BCUT2D eigenvalue weighted by atomic mass is 19.4. The molecule has 0 aromatic heterocycles. The Hall–Kier alpha value is -2.29. The van der Waals surface area contributed by atoms with E-state index in [9.17, 15) is 27.9 Å². The zero-order valence-corrected chi connectivity index (χ0v) is 19.3. The first-order chi connectivity index (χ1) is 16.2. The molecule has 186 valence electrons. The van der Waals surface area contributed by atoms with Crippen molar-refractivity contribution in [3.8, 4) is 0 Å². The Morgan fingerprint density at radius 3 is 2.41 bits per heavy atom. The molecule has 0 unspecified atom stereocenters. The number of halogens is 3. The molecule has 3 saturated heterocycles. The Labute approximate surface area is 197 Å². The lowest BCUT2D eigenvalue weighted by atomic mass is 9.78. The number of amides is 2. The maximum absolute atomic E-state index is 14.1. The molecule has 4 aliphatic rings. The average Bonchev–Trinajstić information content (AvgIpc) is 3.37. The minimum Gasteiger partial charge on any atom is -0.393 e. The van der Waals surface area contributed by atoms with Crippen molar-refractivity contribution < 1.29 is 27.9 Å². The van der Waals surface area contributed by atoms with E-state index >= 15 is 0 Å². The zero-order valence-electron chi connectivity index (χ0n) is 19.3. The molecule has 1 aromatic carbocycles. The van der Waals surface area contributed by atoms with Gasteiger partial charge in [-0.1, -0.05) is 0 Å². The van der Waals surface area contributed by atoms with Gasteiger partial charge in [-0.3, -0.25) is 9.59 Å². The molecule has 3 heterocycles. The third-order valence-corrected chi connectivity index (χ3v) is 8.24. The molecule has 9 heteroatoms. The first-order valence-corrected chi connectivity index (χ1v) is 12.4. The standard InChI is InChI=1S/C25H32F3N3O3/c26-25(27,28)20-15-18(30-13-1-3-22(30)33)6-9-21(20)29-12-2-10-24(16-29)11-14-31(23(24)34)17-4-7-19(32)8-5-17/h6,9,15,17,19,32H,1-5,7-8,10-14,16H2/t17-,19-,24-/m1/s1. The number of nitrogens with zero attached hydrogens (tertiary/aromatic N) is 3. The number of rotatable bonds is 3. The van der Waals surface area contributed by atoms with Crippen LogP contribution in [0.1, 0.15) is 63.4 Å². The predicted octanol–water partition coefficient (Wildman–Crippen LogP) is 3.95. The molecule has 1 N–H and O–H groups in total. The van der Waals surface area contributed by atoms with E-state index in [1.807, 2.05) is 4.90 Å². The lowest BCUT2D eigenvalue weighted by Crippen LogP contribution is -2.50. The second kappa shape index (κ2) is 8.73. The highest BCUT2D eigenvalue weighted by molar-refractivity contribution is 5.95. The molecule has 34 heavy (non-hydrogen) atoms. The van der Waals surface area contributed by atoms with Gasteiger partial charge in [0.05, 0.1) is 17.1 Å². The molecule has 1 atom stereocenters. The van der Waals surface area contributed by atoms with Gasteiger partial charge in [0.15, 0.2) is 0 Å².